The van der Waals surface area contributed by atoms with Crippen molar-refractivity contribution in [1.82, 2.24) is 5.32 Å². The lowest BCUT2D eigenvalue weighted by atomic mass is 10.0. The van der Waals surface area contributed by atoms with E-state index in [0.29, 0.717) is 19.3 Å². The lowest BCUT2D eigenvalue weighted by Crippen LogP contribution is -2.46. The number of hydrogen-bond donors (Lipinski definition) is 3. The minimum atomic E-state index is -0.826. The van der Waals surface area contributed by atoms with Crippen molar-refractivity contribution in [2.45, 2.75) is 219 Å². The third-order valence-corrected chi connectivity index (χ3v) is 10.2. The van der Waals surface area contributed by atoms with E-state index in [2.05, 4.69) is 105 Å². The summed E-state index contributed by atoms with van der Waals surface area (Å²) in [6.45, 7) is 6.28. The first kappa shape index (κ1) is 55.8. The monoisotopic (exact) mass is 820 g/mol. The van der Waals surface area contributed by atoms with E-state index in [1.807, 2.05) is 12.2 Å². The predicted octanol–water partition coefficient (Wildman–Crippen LogP) is 14.2. The van der Waals surface area contributed by atoms with Crippen LogP contribution in [0.3, 0.4) is 0 Å². The average Bonchev–Trinajstić information content (AvgIpc) is 3.23. The average molecular weight is 820 g/mol. The number of nitrogens with one attached hydrogen (secondary N) is 1. The van der Waals surface area contributed by atoms with Crippen LogP contribution in [0.4, 0.5) is 0 Å². The number of hydrogen-bond acceptors (Lipinski definition) is 5. The van der Waals surface area contributed by atoms with E-state index in [9.17, 15) is 19.8 Å². The van der Waals surface area contributed by atoms with E-state index in [0.717, 1.165) is 64.2 Å². The van der Waals surface area contributed by atoms with Gasteiger partial charge in [0.15, 0.2) is 0 Å². The minimum Gasteiger partial charge on any atom is -0.458 e. The normalized spacial score (nSPS) is 14.2. The molecule has 59 heavy (non-hydrogen) atoms. The second-order valence-corrected chi connectivity index (χ2v) is 15.8. The highest BCUT2D eigenvalue weighted by Gasteiger charge is 2.23. The Morgan fingerprint density at radius 1 is 0.525 bits per heavy atom. The second kappa shape index (κ2) is 45.9. The number of rotatable bonds is 41. The maximum absolute atomic E-state index is 13.1. The molecule has 0 spiro atoms. The minimum absolute atomic E-state index is 0.0644. The standard InChI is InChI=1S/C53H89NO5/c1-4-7-10-13-16-19-22-23-24-25-26-27-28-29-31-34-37-40-43-46-53(58)59-49(44-41-38-35-32-30-20-17-14-11-8-5-2)47-52(57)54-50(48-55)51(56)45-42-39-36-33-21-18-15-12-9-6-3/h7,10,16,19,23-24,26-27,29,31-32,35,37,40-41,44,49-51,55-56H,4-6,8-9,11-15,17-18,20-22,25,28,30,33-34,36,38-39,42-43,45-48H2,1-3H3,(H,54,57)/b10-7-,19-16-,24-23-,27-26-,31-29-,35-32-,40-37-,44-41+. The Labute approximate surface area is 363 Å². The lowest BCUT2D eigenvalue weighted by Gasteiger charge is -2.23. The van der Waals surface area contributed by atoms with Gasteiger partial charge in [0.05, 0.1) is 25.2 Å². The Kier molecular flexibility index (Phi) is 43.4. The summed E-state index contributed by atoms with van der Waals surface area (Å²) in [5.74, 6) is -0.713. The van der Waals surface area contributed by atoms with Crippen LogP contribution in [0.1, 0.15) is 201 Å². The molecule has 3 unspecified atom stereocenters. The summed E-state index contributed by atoms with van der Waals surface area (Å²) < 4.78 is 5.76. The zero-order valence-corrected chi connectivity index (χ0v) is 38.1. The summed E-state index contributed by atoms with van der Waals surface area (Å²) in [4.78, 5) is 25.9. The van der Waals surface area contributed by atoms with E-state index < -0.39 is 18.2 Å². The molecular weight excluding hydrogens is 731 g/mol. The molecule has 0 aliphatic carbocycles. The molecule has 336 valence electrons. The van der Waals surface area contributed by atoms with Crippen molar-refractivity contribution >= 4 is 11.9 Å². The number of esters is 1. The number of allylic oxidation sites excluding steroid dienone is 15. The van der Waals surface area contributed by atoms with Crippen LogP contribution in [0.25, 0.3) is 0 Å². The molecule has 0 rings (SSSR count). The number of ether oxygens (including phenoxy) is 1. The number of aliphatic hydroxyl groups is 2. The van der Waals surface area contributed by atoms with Gasteiger partial charge >= 0.3 is 5.97 Å². The van der Waals surface area contributed by atoms with Gasteiger partial charge in [0, 0.05) is 6.42 Å². The highest BCUT2D eigenvalue weighted by atomic mass is 16.5. The van der Waals surface area contributed by atoms with Crippen LogP contribution in [-0.2, 0) is 14.3 Å². The summed E-state index contributed by atoms with van der Waals surface area (Å²) in [6, 6.07) is -0.751. The zero-order valence-electron chi connectivity index (χ0n) is 38.1. The fourth-order valence-electron chi connectivity index (χ4n) is 6.54. The third-order valence-electron chi connectivity index (χ3n) is 10.2. The molecule has 0 saturated carbocycles. The van der Waals surface area contributed by atoms with Gasteiger partial charge in [0.1, 0.15) is 6.10 Å². The van der Waals surface area contributed by atoms with Gasteiger partial charge in [-0.05, 0) is 76.7 Å². The highest BCUT2D eigenvalue weighted by molar-refractivity contribution is 5.78. The Balaban J connectivity index is 4.77. The molecule has 0 aliphatic heterocycles. The third kappa shape index (κ3) is 41.3. The molecule has 0 radical (unpaired) electrons. The van der Waals surface area contributed by atoms with Gasteiger partial charge in [-0.1, -0.05) is 208 Å². The van der Waals surface area contributed by atoms with Crippen LogP contribution in [0.15, 0.2) is 97.2 Å². The molecule has 6 heteroatoms. The molecular formula is C53H89NO5. The molecule has 0 heterocycles. The molecule has 1 amide bonds. The van der Waals surface area contributed by atoms with Gasteiger partial charge in [-0.15, -0.1) is 0 Å². The lowest BCUT2D eigenvalue weighted by molar-refractivity contribution is -0.148. The molecule has 0 saturated heterocycles. The maximum Gasteiger partial charge on any atom is 0.306 e. The van der Waals surface area contributed by atoms with E-state index in [-0.39, 0.29) is 31.3 Å². The molecule has 0 aromatic rings. The number of carbonyl (C=O) groups is 2. The first-order chi connectivity index (χ1) is 29.0. The van der Waals surface area contributed by atoms with Gasteiger partial charge in [0.25, 0.3) is 0 Å². The van der Waals surface area contributed by atoms with Gasteiger partial charge in [-0.25, -0.2) is 0 Å². The first-order valence-electron chi connectivity index (χ1n) is 24.0. The fraction of sp³-hybridized carbons (Fsp3) is 0.660. The van der Waals surface area contributed by atoms with Crippen LogP contribution < -0.4 is 5.32 Å². The van der Waals surface area contributed by atoms with Crippen molar-refractivity contribution < 1.29 is 24.5 Å². The Hall–Kier alpha value is -3.22. The molecule has 3 N–H and O–H groups in total. The summed E-state index contributed by atoms with van der Waals surface area (Å²) in [5, 5.41) is 23.5. The second-order valence-electron chi connectivity index (χ2n) is 15.8. The van der Waals surface area contributed by atoms with Crippen molar-refractivity contribution in [2.75, 3.05) is 6.61 Å². The smallest absolute Gasteiger partial charge is 0.306 e. The van der Waals surface area contributed by atoms with E-state index in [1.54, 1.807) is 6.08 Å². The largest absolute Gasteiger partial charge is 0.458 e. The van der Waals surface area contributed by atoms with E-state index >= 15 is 0 Å². The van der Waals surface area contributed by atoms with Crippen LogP contribution in [-0.4, -0.2) is 46.9 Å². The van der Waals surface area contributed by atoms with Crippen LogP contribution >= 0.6 is 0 Å². The number of carbonyl (C=O) groups excluding carboxylic acids is 2. The van der Waals surface area contributed by atoms with Gasteiger partial charge in [-0.2, -0.15) is 0 Å². The van der Waals surface area contributed by atoms with Crippen LogP contribution in [0.5, 0.6) is 0 Å². The van der Waals surface area contributed by atoms with E-state index in [4.69, 9.17) is 4.74 Å². The van der Waals surface area contributed by atoms with Crippen molar-refractivity contribution in [3.63, 3.8) is 0 Å². The Bertz CT molecular complexity index is 1190. The van der Waals surface area contributed by atoms with Crippen LogP contribution in [0, 0.1) is 0 Å². The molecule has 0 fully saturated rings. The number of aliphatic hydroxyl groups excluding tert-OH is 2. The fourth-order valence-corrected chi connectivity index (χ4v) is 6.54. The highest BCUT2D eigenvalue weighted by Crippen LogP contribution is 2.14. The maximum atomic E-state index is 13.1. The molecule has 0 bridgehead atoms. The first-order valence-corrected chi connectivity index (χ1v) is 24.0. The summed E-state index contributed by atoms with van der Waals surface area (Å²) in [6.07, 6.45) is 60.8. The quantitative estimate of drug-likeness (QED) is 0.0324. The molecule has 3 atom stereocenters. The van der Waals surface area contributed by atoms with Crippen molar-refractivity contribution in [3.05, 3.63) is 97.2 Å². The predicted molar refractivity (Wildman–Crippen MR) is 254 cm³/mol. The molecule has 0 aliphatic rings. The SMILES string of the molecule is CC/C=C\C/C=C\C/C=C\C/C=C\C/C=C\C/C=C\CCC(=O)OC(/C=C/C/C=C\CCCCCCCC)CC(=O)NC(CO)C(O)CCCCCCCCCCCC. The number of amides is 1. The van der Waals surface area contributed by atoms with Gasteiger partial charge < -0.3 is 20.3 Å². The summed E-state index contributed by atoms with van der Waals surface area (Å²) in [5.41, 5.74) is 0. The van der Waals surface area contributed by atoms with Crippen molar-refractivity contribution in [1.29, 1.82) is 0 Å². The molecule has 0 aromatic carbocycles. The van der Waals surface area contributed by atoms with Crippen molar-refractivity contribution in [3.8, 4) is 0 Å². The van der Waals surface area contributed by atoms with E-state index in [1.165, 1.54) is 83.5 Å². The topological polar surface area (TPSA) is 95.9 Å². The molecule has 6 nitrogen and oxygen atoms in total. The molecule has 0 aromatic heterocycles. The number of unbranched alkanes of at least 4 members (excludes halogenated alkanes) is 15. The summed E-state index contributed by atoms with van der Waals surface area (Å²) in [7, 11) is 0. The van der Waals surface area contributed by atoms with Crippen LogP contribution in [0.2, 0.25) is 0 Å². The summed E-state index contributed by atoms with van der Waals surface area (Å²) >= 11 is 0. The van der Waals surface area contributed by atoms with Gasteiger partial charge in [0.2, 0.25) is 5.91 Å². The zero-order chi connectivity index (χ0) is 43.1. The Morgan fingerprint density at radius 2 is 0.949 bits per heavy atom. The van der Waals surface area contributed by atoms with Gasteiger partial charge in [-0.3, -0.25) is 9.59 Å². The Morgan fingerprint density at radius 3 is 1.44 bits per heavy atom. The van der Waals surface area contributed by atoms with Crippen molar-refractivity contribution in [2.24, 2.45) is 0 Å².